The molecule has 4 nitrogen and oxygen atoms in total. The molecule has 0 bridgehead atoms. The lowest BCUT2D eigenvalue weighted by molar-refractivity contribution is -0.161. The molecule has 0 saturated heterocycles. The number of allylic oxidation sites excluding steroid dienone is 2. The van der Waals surface area contributed by atoms with Crippen LogP contribution < -0.4 is 4.72 Å². The van der Waals surface area contributed by atoms with Crippen LogP contribution in [0.1, 0.15) is 6.92 Å². The van der Waals surface area contributed by atoms with Crippen LogP contribution in [0, 0.1) is 0 Å². The molecule has 0 fully saturated rings. The van der Waals surface area contributed by atoms with E-state index in [0.29, 0.717) is 0 Å². The minimum atomic E-state index is -4.63. The van der Waals surface area contributed by atoms with Gasteiger partial charge >= 0.3 is 6.18 Å². The van der Waals surface area contributed by atoms with E-state index in [-0.39, 0.29) is 18.5 Å². The molecule has 0 rings (SSSR count). The van der Waals surface area contributed by atoms with E-state index in [1.165, 1.54) is 0 Å². The highest BCUT2D eigenvalue weighted by molar-refractivity contribution is 7.92. The Hall–Kier alpha value is -0.730. The SMILES string of the molecule is COOSNC(=C(C)C=O)C(F)(F)F. The molecule has 0 saturated carbocycles. The van der Waals surface area contributed by atoms with Crippen molar-refractivity contribution in [2.24, 2.45) is 0 Å². The van der Waals surface area contributed by atoms with E-state index in [2.05, 4.69) is 9.22 Å². The zero-order valence-corrected chi connectivity index (χ0v) is 8.16. The summed E-state index contributed by atoms with van der Waals surface area (Å²) in [6.45, 7) is 1.04. The number of carbonyl (C=O) groups excluding carboxylic acids is 1. The van der Waals surface area contributed by atoms with Crippen molar-refractivity contribution in [2.75, 3.05) is 7.11 Å². The van der Waals surface area contributed by atoms with E-state index in [1.807, 2.05) is 0 Å². The lowest BCUT2D eigenvalue weighted by atomic mass is 10.2. The van der Waals surface area contributed by atoms with Crippen molar-refractivity contribution < 1.29 is 27.2 Å². The second kappa shape index (κ2) is 5.89. The van der Waals surface area contributed by atoms with Crippen molar-refractivity contribution >= 4 is 18.5 Å². The summed E-state index contributed by atoms with van der Waals surface area (Å²) in [4.78, 5) is 14.2. The van der Waals surface area contributed by atoms with Gasteiger partial charge in [0.15, 0.2) is 0 Å². The first-order valence-electron chi connectivity index (χ1n) is 3.29. The van der Waals surface area contributed by atoms with Gasteiger partial charge in [0, 0.05) is 5.57 Å². The van der Waals surface area contributed by atoms with E-state index < -0.39 is 17.4 Å². The Morgan fingerprint density at radius 2 is 2.07 bits per heavy atom. The molecule has 8 heteroatoms. The average Bonchev–Trinajstić information content (AvgIpc) is 2.09. The van der Waals surface area contributed by atoms with Crippen molar-refractivity contribution in [3.63, 3.8) is 0 Å². The zero-order chi connectivity index (χ0) is 11.2. The number of alkyl halides is 3. The van der Waals surface area contributed by atoms with Gasteiger partial charge < -0.3 is 0 Å². The zero-order valence-electron chi connectivity index (χ0n) is 7.34. The van der Waals surface area contributed by atoms with Crippen molar-refractivity contribution in [1.29, 1.82) is 0 Å². The molecule has 0 aliphatic carbocycles. The largest absolute Gasteiger partial charge is 0.432 e. The lowest BCUT2D eigenvalue weighted by Crippen LogP contribution is -2.24. The molecule has 0 aromatic carbocycles. The molecule has 14 heavy (non-hydrogen) atoms. The summed E-state index contributed by atoms with van der Waals surface area (Å²) in [5.74, 6) is 0. The van der Waals surface area contributed by atoms with E-state index in [0.717, 1.165) is 14.0 Å². The minimum Gasteiger partial charge on any atom is -0.299 e. The summed E-state index contributed by atoms with van der Waals surface area (Å²) >= 11 is 0.223. The molecule has 0 aliphatic heterocycles. The second-order valence-corrected chi connectivity index (χ2v) is 2.60. The van der Waals surface area contributed by atoms with Crippen molar-refractivity contribution in [1.82, 2.24) is 4.72 Å². The van der Waals surface area contributed by atoms with Crippen molar-refractivity contribution in [3.05, 3.63) is 11.3 Å². The third kappa shape index (κ3) is 4.49. The van der Waals surface area contributed by atoms with Gasteiger partial charge in [-0.3, -0.25) is 9.52 Å². The summed E-state index contributed by atoms with van der Waals surface area (Å²) in [5.41, 5.74) is -1.64. The fraction of sp³-hybridized carbons (Fsp3) is 0.500. The summed E-state index contributed by atoms with van der Waals surface area (Å²) in [7, 11) is 1.14. The topological polar surface area (TPSA) is 47.6 Å². The molecule has 82 valence electrons. The van der Waals surface area contributed by atoms with Crippen molar-refractivity contribution in [3.8, 4) is 0 Å². The molecular formula is C6H8F3NO3S. The summed E-state index contributed by atoms with van der Waals surface area (Å²) in [6.07, 6.45) is -4.53. The Kier molecular flexibility index (Phi) is 5.58. The van der Waals surface area contributed by atoms with Crippen molar-refractivity contribution in [2.45, 2.75) is 13.1 Å². The Labute approximate surface area is 82.7 Å². The van der Waals surface area contributed by atoms with Gasteiger partial charge in [-0.1, -0.05) is 0 Å². The summed E-state index contributed by atoms with van der Waals surface area (Å²) < 4.78 is 42.5. The van der Waals surface area contributed by atoms with E-state index >= 15 is 0 Å². The van der Waals surface area contributed by atoms with Gasteiger partial charge in [0.25, 0.3) is 0 Å². The molecule has 0 aromatic rings. The predicted octanol–water partition coefficient (Wildman–Crippen LogP) is 1.75. The second-order valence-electron chi connectivity index (χ2n) is 2.09. The first kappa shape index (κ1) is 13.3. The van der Waals surface area contributed by atoms with Crippen LogP contribution in [0.4, 0.5) is 13.2 Å². The number of hydrogen-bond acceptors (Lipinski definition) is 5. The number of aldehydes is 1. The molecule has 0 aromatic heterocycles. The van der Waals surface area contributed by atoms with Crippen LogP contribution in [0.15, 0.2) is 11.3 Å². The minimum absolute atomic E-state index is 0.100. The fourth-order valence-corrected chi connectivity index (χ4v) is 0.976. The number of nitrogens with one attached hydrogen (secondary N) is 1. The van der Waals surface area contributed by atoms with Crippen LogP contribution in [0.3, 0.4) is 0 Å². The highest BCUT2D eigenvalue weighted by atomic mass is 32.2. The molecule has 0 spiro atoms. The predicted molar refractivity (Wildman–Crippen MR) is 43.6 cm³/mol. The highest BCUT2D eigenvalue weighted by Gasteiger charge is 2.36. The van der Waals surface area contributed by atoms with Gasteiger partial charge in [-0.25, -0.2) is 4.89 Å². The smallest absolute Gasteiger partial charge is 0.299 e. The maximum absolute atomic E-state index is 12.2. The van der Waals surface area contributed by atoms with Crippen LogP contribution in [-0.4, -0.2) is 19.6 Å². The van der Waals surface area contributed by atoms with Gasteiger partial charge in [0.05, 0.1) is 7.11 Å². The van der Waals surface area contributed by atoms with Crippen LogP contribution in [0.2, 0.25) is 0 Å². The standard InChI is InChI=1S/C6H8F3NO3S/c1-4(3-11)5(6(7,8)9)10-14-13-12-2/h3,10H,1-2H3. The Morgan fingerprint density at radius 3 is 2.43 bits per heavy atom. The molecule has 0 aliphatic rings. The van der Waals surface area contributed by atoms with Gasteiger partial charge in [0.2, 0.25) is 0 Å². The first-order chi connectivity index (χ1) is 6.43. The molecule has 0 atom stereocenters. The van der Waals surface area contributed by atoms with Gasteiger partial charge in [0.1, 0.15) is 24.2 Å². The fourth-order valence-electron chi connectivity index (χ4n) is 0.514. The maximum Gasteiger partial charge on any atom is 0.432 e. The third-order valence-corrected chi connectivity index (χ3v) is 1.59. The molecular weight excluding hydrogens is 223 g/mol. The number of rotatable bonds is 5. The van der Waals surface area contributed by atoms with E-state index in [1.54, 1.807) is 4.72 Å². The van der Waals surface area contributed by atoms with Crippen LogP contribution in [0.25, 0.3) is 0 Å². The van der Waals surface area contributed by atoms with Crippen LogP contribution in [0.5, 0.6) is 0 Å². The van der Waals surface area contributed by atoms with Gasteiger partial charge in [-0.2, -0.15) is 13.2 Å². The number of hydrogen-bond donors (Lipinski definition) is 1. The summed E-state index contributed by atoms with van der Waals surface area (Å²) in [5, 5.41) is 0. The quantitative estimate of drug-likeness (QED) is 0.148. The molecule has 0 heterocycles. The number of carbonyl (C=O) groups is 1. The normalized spacial score (nSPS) is 13.5. The van der Waals surface area contributed by atoms with Gasteiger partial charge in [-0.15, -0.1) is 4.33 Å². The molecule has 0 radical (unpaired) electrons. The summed E-state index contributed by atoms with van der Waals surface area (Å²) in [6, 6.07) is 0. The molecule has 0 amide bonds. The Balaban J connectivity index is 4.51. The van der Waals surface area contributed by atoms with E-state index in [4.69, 9.17) is 0 Å². The molecule has 0 unspecified atom stereocenters. The highest BCUT2D eigenvalue weighted by Crippen LogP contribution is 2.27. The first-order valence-corrected chi connectivity index (χ1v) is 4.03. The number of halogens is 3. The lowest BCUT2D eigenvalue weighted by Gasteiger charge is -2.13. The van der Waals surface area contributed by atoms with E-state index in [9.17, 15) is 18.0 Å². The maximum atomic E-state index is 12.2. The van der Waals surface area contributed by atoms with Crippen LogP contribution in [-0.2, 0) is 14.0 Å². The Bertz CT molecular complexity index is 229. The average molecular weight is 231 g/mol. The Morgan fingerprint density at radius 1 is 1.50 bits per heavy atom. The van der Waals surface area contributed by atoms with Crippen LogP contribution >= 0.6 is 12.2 Å². The van der Waals surface area contributed by atoms with Gasteiger partial charge in [-0.05, 0) is 6.92 Å². The molecule has 1 N–H and O–H groups in total. The monoisotopic (exact) mass is 231 g/mol. The third-order valence-electron chi connectivity index (χ3n) is 1.10.